The fourth-order valence-corrected chi connectivity index (χ4v) is 5.11. The number of aliphatic hydroxyl groups is 1. The highest BCUT2D eigenvalue weighted by atomic mass is 16.3. The molecule has 1 amide bonds. The third-order valence-electron chi connectivity index (χ3n) is 6.75. The van der Waals surface area contributed by atoms with E-state index in [1.165, 1.54) is 0 Å². The highest BCUT2D eigenvalue weighted by Gasteiger charge is 2.50. The Morgan fingerprint density at radius 3 is 2.70 bits per heavy atom. The molecule has 1 spiro atoms. The van der Waals surface area contributed by atoms with Crippen LogP contribution in [-0.2, 0) is 4.79 Å². The molecule has 3 fully saturated rings. The van der Waals surface area contributed by atoms with Gasteiger partial charge in [0.2, 0.25) is 5.91 Å². The van der Waals surface area contributed by atoms with Crippen molar-refractivity contribution in [2.75, 3.05) is 24.5 Å². The zero-order valence-corrected chi connectivity index (χ0v) is 16.0. The molecule has 1 aromatic rings. The van der Waals surface area contributed by atoms with Crippen LogP contribution in [0.2, 0.25) is 0 Å². The maximum absolute atomic E-state index is 13.4. The Hall–Kier alpha value is -2.13. The summed E-state index contributed by atoms with van der Waals surface area (Å²) in [5.41, 5.74) is 1.06. The van der Waals surface area contributed by atoms with Crippen LogP contribution in [0.4, 0.5) is 5.82 Å². The number of pyridine rings is 1. The molecule has 0 unspecified atom stereocenters. The summed E-state index contributed by atoms with van der Waals surface area (Å²) < 4.78 is 0. The molecule has 2 aliphatic heterocycles. The molecule has 2 saturated heterocycles. The maximum Gasteiger partial charge on any atom is 0.230 e. The second kappa shape index (κ2) is 7.12. The molecule has 4 rings (SSSR count). The smallest absolute Gasteiger partial charge is 0.230 e. The van der Waals surface area contributed by atoms with Crippen molar-refractivity contribution in [1.82, 2.24) is 9.88 Å². The van der Waals surface area contributed by atoms with Gasteiger partial charge in [0.05, 0.1) is 22.8 Å². The average molecular weight is 368 g/mol. The fourth-order valence-electron chi connectivity index (χ4n) is 5.11. The van der Waals surface area contributed by atoms with E-state index in [-0.39, 0.29) is 11.5 Å². The fraction of sp³-hybridized carbons (Fsp3) is 0.667. The van der Waals surface area contributed by atoms with E-state index in [0.717, 1.165) is 76.1 Å². The van der Waals surface area contributed by atoms with Gasteiger partial charge < -0.3 is 14.9 Å². The zero-order valence-electron chi connectivity index (χ0n) is 16.0. The van der Waals surface area contributed by atoms with Crippen LogP contribution >= 0.6 is 0 Å². The predicted octanol–water partition coefficient (Wildman–Crippen LogP) is 2.38. The quantitative estimate of drug-likeness (QED) is 0.867. The molecular formula is C21H28N4O2. The third kappa shape index (κ3) is 3.29. The van der Waals surface area contributed by atoms with Crippen molar-refractivity contribution in [2.45, 2.75) is 64.0 Å². The molecule has 144 valence electrons. The van der Waals surface area contributed by atoms with E-state index < -0.39 is 0 Å². The van der Waals surface area contributed by atoms with Crippen LogP contribution in [0.3, 0.4) is 0 Å². The van der Waals surface area contributed by atoms with Crippen LogP contribution in [-0.4, -0.2) is 52.7 Å². The first kappa shape index (κ1) is 18.2. The van der Waals surface area contributed by atoms with Gasteiger partial charge in [-0.3, -0.25) is 4.79 Å². The highest BCUT2D eigenvalue weighted by molar-refractivity contribution is 5.86. The summed E-state index contributed by atoms with van der Waals surface area (Å²) in [5.74, 6) is 1.18. The van der Waals surface area contributed by atoms with Gasteiger partial charge in [-0.15, -0.1) is 0 Å². The highest BCUT2D eigenvalue weighted by Crippen LogP contribution is 2.43. The SMILES string of the molecule is Cc1nc(N2CCC[C@@]3(CCN([C@H]4CC[C@H](O)CC4)C3=O)C2)ccc1C#N. The van der Waals surface area contributed by atoms with Gasteiger partial charge in [0.1, 0.15) is 11.9 Å². The van der Waals surface area contributed by atoms with Crippen LogP contribution in [0.25, 0.3) is 0 Å². The minimum atomic E-state index is -0.294. The molecule has 6 nitrogen and oxygen atoms in total. The van der Waals surface area contributed by atoms with Crippen molar-refractivity contribution in [3.05, 3.63) is 23.4 Å². The number of piperidine rings is 1. The van der Waals surface area contributed by atoms with Gasteiger partial charge in [0.25, 0.3) is 0 Å². The first-order valence-corrected chi connectivity index (χ1v) is 10.1. The van der Waals surface area contributed by atoms with E-state index in [0.29, 0.717) is 17.5 Å². The number of hydrogen-bond donors (Lipinski definition) is 1. The number of nitrogens with zero attached hydrogens (tertiary/aromatic N) is 4. The minimum absolute atomic E-state index is 0.191. The molecule has 0 bridgehead atoms. The summed E-state index contributed by atoms with van der Waals surface area (Å²) in [7, 11) is 0. The molecule has 1 saturated carbocycles. The molecule has 0 aromatic carbocycles. The minimum Gasteiger partial charge on any atom is -0.393 e. The average Bonchev–Trinajstić information content (AvgIpc) is 2.98. The summed E-state index contributed by atoms with van der Waals surface area (Å²) in [6, 6.07) is 6.20. The Morgan fingerprint density at radius 1 is 1.22 bits per heavy atom. The van der Waals surface area contributed by atoms with Crippen LogP contribution in [0.5, 0.6) is 0 Å². The number of rotatable bonds is 2. The van der Waals surface area contributed by atoms with Crippen molar-refractivity contribution < 1.29 is 9.90 Å². The number of aromatic nitrogens is 1. The largest absolute Gasteiger partial charge is 0.393 e. The topological polar surface area (TPSA) is 80.5 Å². The monoisotopic (exact) mass is 368 g/mol. The van der Waals surface area contributed by atoms with E-state index in [4.69, 9.17) is 5.26 Å². The van der Waals surface area contributed by atoms with Crippen molar-refractivity contribution in [2.24, 2.45) is 5.41 Å². The Kier molecular flexibility index (Phi) is 4.81. The van der Waals surface area contributed by atoms with Gasteiger partial charge >= 0.3 is 0 Å². The van der Waals surface area contributed by atoms with Gasteiger partial charge in [-0.1, -0.05) is 0 Å². The molecular weight excluding hydrogens is 340 g/mol. The van der Waals surface area contributed by atoms with Crippen molar-refractivity contribution in [1.29, 1.82) is 5.26 Å². The molecule has 27 heavy (non-hydrogen) atoms. The van der Waals surface area contributed by atoms with E-state index in [9.17, 15) is 9.90 Å². The van der Waals surface area contributed by atoms with E-state index in [1.807, 2.05) is 19.1 Å². The Balaban J connectivity index is 1.50. The number of aliphatic hydroxyl groups excluding tert-OH is 1. The van der Waals surface area contributed by atoms with Gasteiger partial charge in [-0.2, -0.15) is 5.26 Å². The van der Waals surface area contributed by atoms with Crippen LogP contribution in [0.15, 0.2) is 12.1 Å². The van der Waals surface area contributed by atoms with Crippen LogP contribution in [0.1, 0.15) is 56.2 Å². The molecule has 1 aliphatic carbocycles. The normalized spacial score (nSPS) is 31.4. The van der Waals surface area contributed by atoms with E-state index in [2.05, 4.69) is 20.9 Å². The number of nitriles is 1. The van der Waals surface area contributed by atoms with Crippen LogP contribution in [0, 0.1) is 23.7 Å². The molecule has 3 aliphatic rings. The zero-order chi connectivity index (χ0) is 19.0. The van der Waals surface area contributed by atoms with E-state index >= 15 is 0 Å². The first-order chi connectivity index (χ1) is 13.0. The molecule has 6 heteroatoms. The summed E-state index contributed by atoms with van der Waals surface area (Å²) in [4.78, 5) is 22.3. The number of carbonyl (C=O) groups excluding carboxylic acids is 1. The van der Waals surface area contributed by atoms with Crippen molar-refractivity contribution >= 4 is 11.7 Å². The van der Waals surface area contributed by atoms with Gasteiger partial charge in [-0.25, -0.2) is 4.98 Å². The standard InChI is InChI=1S/C21H28N4O2/c1-15-16(13-22)3-8-19(23-15)24-11-2-9-21(14-24)10-12-25(20(21)27)17-4-6-18(26)7-5-17/h3,8,17-18,26H,2,4-7,9-12,14H2,1H3/t17-,18-,21-/m1/s1. The number of aryl methyl sites for hydroxylation is 1. The molecule has 1 N–H and O–H groups in total. The molecule has 1 atom stereocenters. The van der Waals surface area contributed by atoms with Crippen molar-refractivity contribution in [3.8, 4) is 6.07 Å². The summed E-state index contributed by atoms with van der Waals surface area (Å²) in [6.45, 7) is 4.33. The number of amides is 1. The van der Waals surface area contributed by atoms with Gasteiger partial charge in [0.15, 0.2) is 0 Å². The second-order valence-corrected chi connectivity index (χ2v) is 8.43. The molecule has 0 radical (unpaired) electrons. The molecule has 3 heterocycles. The predicted molar refractivity (Wildman–Crippen MR) is 102 cm³/mol. The van der Waals surface area contributed by atoms with E-state index in [1.54, 1.807) is 0 Å². The summed E-state index contributed by atoms with van der Waals surface area (Å²) in [6.07, 6.45) is 6.11. The Morgan fingerprint density at radius 2 is 2.00 bits per heavy atom. The Labute approximate surface area is 160 Å². The lowest BCUT2D eigenvalue weighted by Crippen LogP contribution is -2.50. The van der Waals surface area contributed by atoms with Crippen molar-refractivity contribution in [3.63, 3.8) is 0 Å². The number of carbonyl (C=O) groups is 1. The number of hydrogen-bond acceptors (Lipinski definition) is 5. The second-order valence-electron chi connectivity index (χ2n) is 8.43. The third-order valence-corrected chi connectivity index (χ3v) is 6.75. The lowest BCUT2D eigenvalue weighted by Gasteiger charge is -2.41. The van der Waals surface area contributed by atoms with Gasteiger partial charge in [0, 0.05) is 25.7 Å². The lowest BCUT2D eigenvalue weighted by molar-refractivity contribution is -0.139. The Bertz CT molecular complexity index is 766. The first-order valence-electron chi connectivity index (χ1n) is 10.1. The molecule has 1 aromatic heterocycles. The lowest BCUT2D eigenvalue weighted by atomic mass is 9.78. The number of anilines is 1. The number of likely N-dealkylation sites (tertiary alicyclic amines) is 1. The summed E-state index contributed by atoms with van der Waals surface area (Å²) >= 11 is 0. The summed E-state index contributed by atoms with van der Waals surface area (Å²) in [5, 5.41) is 18.9. The maximum atomic E-state index is 13.4. The van der Waals surface area contributed by atoms with Gasteiger partial charge in [-0.05, 0) is 64.0 Å². The van der Waals surface area contributed by atoms with Crippen LogP contribution < -0.4 is 4.90 Å².